The molecule has 0 saturated carbocycles. The summed E-state index contributed by atoms with van der Waals surface area (Å²) >= 11 is 0. The molecular weight excluding hydrogens is 394 g/mol. The van der Waals surface area contributed by atoms with E-state index < -0.39 is 0 Å². The molecule has 5 rings (SSSR count). The van der Waals surface area contributed by atoms with Gasteiger partial charge in [-0.3, -0.25) is 4.99 Å². The zero-order valence-electron chi connectivity index (χ0n) is 19.4. The molecule has 2 fully saturated rings. The molecule has 0 spiro atoms. The highest BCUT2D eigenvalue weighted by Crippen LogP contribution is 2.32. The molecule has 2 aliphatic rings. The molecule has 0 amide bonds. The predicted octanol–water partition coefficient (Wildman–Crippen LogP) is 5.16. The van der Waals surface area contributed by atoms with E-state index in [-0.39, 0.29) is 0 Å². The van der Waals surface area contributed by atoms with E-state index in [1.165, 1.54) is 18.4 Å². The number of aromatic nitrogens is 2. The van der Waals surface area contributed by atoms with Gasteiger partial charge in [0.05, 0.1) is 17.1 Å². The molecule has 0 radical (unpaired) electrons. The molecule has 0 bridgehead atoms. The molecule has 5 heteroatoms. The minimum atomic E-state index is 0.607. The average molecular weight is 428 g/mol. The van der Waals surface area contributed by atoms with Gasteiger partial charge < -0.3 is 14.8 Å². The van der Waals surface area contributed by atoms with Crippen LogP contribution in [0.15, 0.2) is 54.2 Å². The average Bonchev–Trinajstić information content (AvgIpc) is 3.43. The molecule has 1 N–H and O–H groups in total. The monoisotopic (exact) mass is 427 g/mol. The summed E-state index contributed by atoms with van der Waals surface area (Å²) in [6, 6.07) is 13.5. The number of aliphatic imine (C=N–C) groups is 1. The van der Waals surface area contributed by atoms with Crippen molar-refractivity contribution >= 4 is 28.1 Å². The number of hydrogen-bond acceptors (Lipinski definition) is 4. The highest BCUT2D eigenvalue weighted by atomic mass is 15.2. The summed E-state index contributed by atoms with van der Waals surface area (Å²) < 4.78 is 2.24. The van der Waals surface area contributed by atoms with Crippen molar-refractivity contribution in [2.45, 2.75) is 46.2 Å². The van der Waals surface area contributed by atoms with Crippen LogP contribution < -0.4 is 5.32 Å². The molecule has 2 aliphatic heterocycles. The third-order valence-corrected chi connectivity index (χ3v) is 7.23. The second-order valence-electron chi connectivity index (χ2n) is 9.18. The Hall–Kier alpha value is -2.92. The Bertz CT molecular complexity index is 1190. The van der Waals surface area contributed by atoms with E-state index in [1.54, 1.807) is 0 Å². The molecule has 1 aromatic carbocycles. The van der Waals surface area contributed by atoms with E-state index in [4.69, 9.17) is 4.99 Å². The number of pyridine rings is 1. The van der Waals surface area contributed by atoms with Crippen LogP contribution in [-0.2, 0) is 6.54 Å². The lowest BCUT2D eigenvalue weighted by molar-refractivity contribution is 0.231. The Morgan fingerprint density at radius 3 is 2.97 bits per heavy atom. The number of fused-ring (bicyclic) bond motifs is 2. The Balaban J connectivity index is 1.44. The first-order valence-corrected chi connectivity index (χ1v) is 11.8. The summed E-state index contributed by atoms with van der Waals surface area (Å²) in [4.78, 5) is 12.1. The van der Waals surface area contributed by atoms with Crippen molar-refractivity contribution in [3.8, 4) is 0 Å². The number of piperidine rings is 1. The zero-order valence-corrected chi connectivity index (χ0v) is 19.4. The first-order valence-electron chi connectivity index (χ1n) is 11.8. The number of hydrogen-bond donors (Lipinski definition) is 1. The van der Waals surface area contributed by atoms with Gasteiger partial charge in [-0.2, -0.15) is 0 Å². The maximum atomic E-state index is 5.07. The van der Waals surface area contributed by atoms with Crippen molar-refractivity contribution in [2.24, 2.45) is 10.9 Å². The van der Waals surface area contributed by atoms with Crippen molar-refractivity contribution in [2.75, 3.05) is 19.6 Å². The molecule has 2 saturated heterocycles. The lowest BCUT2D eigenvalue weighted by atomic mass is 9.92. The van der Waals surface area contributed by atoms with Gasteiger partial charge in [-0.1, -0.05) is 18.7 Å². The molecular formula is C27H33N5. The molecule has 5 nitrogen and oxygen atoms in total. The third kappa shape index (κ3) is 3.75. The van der Waals surface area contributed by atoms with Gasteiger partial charge in [0.1, 0.15) is 5.65 Å². The number of nitrogens with zero attached hydrogens (tertiary/aromatic N) is 4. The lowest BCUT2D eigenvalue weighted by Crippen LogP contribution is -2.45. The van der Waals surface area contributed by atoms with Crippen LogP contribution in [-0.4, -0.2) is 45.8 Å². The number of nitrogens with one attached hydrogen (secondary N) is 1. The van der Waals surface area contributed by atoms with Gasteiger partial charge in [0, 0.05) is 43.0 Å². The van der Waals surface area contributed by atoms with Crippen LogP contribution in [0.1, 0.15) is 43.5 Å². The fourth-order valence-corrected chi connectivity index (χ4v) is 5.31. The molecule has 3 aromatic rings. The maximum Gasteiger partial charge on any atom is 0.140 e. The summed E-state index contributed by atoms with van der Waals surface area (Å²) in [5.41, 5.74) is 7.60. The molecule has 32 heavy (non-hydrogen) atoms. The quantitative estimate of drug-likeness (QED) is 0.572. The minimum Gasteiger partial charge on any atom is -0.370 e. The number of aryl methyl sites for hydroxylation is 2. The fraction of sp³-hybridized carbons (Fsp3) is 0.407. The van der Waals surface area contributed by atoms with E-state index in [1.807, 2.05) is 12.3 Å². The van der Waals surface area contributed by atoms with Gasteiger partial charge in [0.25, 0.3) is 0 Å². The molecule has 2 aromatic heterocycles. The van der Waals surface area contributed by atoms with Gasteiger partial charge in [-0.25, -0.2) is 4.98 Å². The van der Waals surface area contributed by atoms with Crippen LogP contribution in [0.5, 0.6) is 0 Å². The third-order valence-electron chi connectivity index (χ3n) is 7.23. The molecule has 2 atom stereocenters. The Kier molecular flexibility index (Phi) is 5.60. The first-order chi connectivity index (χ1) is 15.5. The topological polar surface area (TPSA) is 45.5 Å². The van der Waals surface area contributed by atoms with E-state index in [0.717, 1.165) is 71.5 Å². The van der Waals surface area contributed by atoms with Crippen molar-refractivity contribution in [1.82, 2.24) is 19.8 Å². The summed E-state index contributed by atoms with van der Waals surface area (Å²) in [5, 5.41) is 4.82. The number of rotatable bonds is 5. The van der Waals surface area contributed by atoms with Gasteiger partial charge in [-0.05, 0) is 81.5 Å². The van der Waals surface area contributed by atoms with Gasteiger partial charge in [0.2, 0.25) is 0 Å². The largest absolute Gasteiger partial charge is 0.370 e. The van der Waals surface area contributed by atoms with Crippen LogP contribution in [0.2, 0.25) is 0 Å². The molecule has 166 valence electrons. The maximum absolute atomic E-state index is 5.07. The van der Waals surface area contributed by atoms with Crippen LogP contribution in [0.3, 0.4) is 0 Å². The van der Waals surface area contributed by atoms with E-state index in [2.05, 4.69) is 77.4 Å². The van der Waals surface area contributed by atoms with Crippen molar-refractivity contribution in [3.05, 3.63) is 66.0 Å². The van der Waals surface area contributed by atoms with Gasteiger partial charge >= 0.3 is 0 Å². The highest BCUT2D eigenvalue weighted by molar-refractivity contribution is 6.02. The summed E-state index contributed by atoms with van der Waals surface area (Å²) in [6.07, 6.45) is 4.42. The van der Waals surface area contributed by atoms with Crippen LogP contribution in [0.25, 0.3) is 16.7 Å². The second-order valence-corrected chi connectivity index (χ2v) is 9.18. The van der Waals surface area contributed by atoms with Gasteiger partial charge in [0.15, 0.2) is 0 Å². The zero-order chi connectivity index (χ0) is 22.2. The summed E-state index contributed by atoms with van der Waals surface area (Å²) in [5.74, 6) is 0.833. The smallest absolute Gasteiger partial charge is 0.140 e. The second kappa shape index (κ2) is 8.55. The van der Waals surface area contributed by atoms with Crippen molar-refractivity contribution in [3.63, 3.8) is 0 Å². The summed E-state index contributed by atoms with van der Waals surface area (Å²) in [7, 11) is 0. The normalized spacial score (nSPS) is 21.2. The van der Waals surface area contributed by atoms with Crippen LogP contribution >= 0.6 is 0 Å². The number of likely N-dealkylation sites (tertiary alicyclic amines) is 1. The van der Waals surface area contributed by atoms with Crippen molar-refractivity contribution in [1.29, 1.82) is 0 Å². The van der Waals surface area contributed by atoms with Gasteiger partial charge in [-0.15, -0.1) is 0 Å². The molecule has 0 unspecified atom stereocenters. The van der Waals surface area contributed by atoms with Crippen molar-refractivity contribution < 1.29 is 0 Å². The minimum absolute atomic E-state index is 0.607. The predicted molar refractivity (Wildman–Crippen MR) is 134 cm³/mol. The first kappa shape index (κ1) is 21.0. The number of benzene rings is 1. The molecule has 4 heterocycles. The van der Waals surface area contributed by atoms with E-state index in [0.29, 0.717) is 6.04 Å². The van der Waals surface area contributed by atoms with Crippen LogP contribution in [0.4, 0.5) is 5.69 Å². The Labute approximate surface area is 190 Å². The SMILES string of the molecule is C=C(c1ccc(C)c(/N=C(\C)c2cc3cccnc3n2CC)c1)N1CC[C@@H]2CCN[C@@H]2C1. The van der Waals surface area contributed by atoms with Crippen LogP contribution in [0, 0.1) is 12.8 Å². The highest BCUT2D eigenvalue weighted by Gasteiger charge is 2.33. The fourth-order valence-electron chi connectivity index (χ4n) is 5.31. The Morgan fingerprint density at radius 2 is 2.12 bits per heavy atom. The standard InChI is InChI=1S/C27H33N5/c1-5-32-26(16-23-7-6-12-29-27(23)32)19(3)30-24-15-22(9-8-18(24)2)20(4)31-14-11-21-10-13-28-25(21)17-31/h6-9,12,15-16,21,25,28H,4-5,10-11,13-14,17H2,1-3H3/b30-19+/t21-,25+/m0/s1. The molecule has 0 aliphatic carbocycles. The van der Waals surface area contributed by atoms with E-state index in [9.17, 15) is 0 Å². The van der Waals surface area contributed by atoms with E-state index >= 15 is 0 Å². The summed E-state index contributed by atoms with van der Waals surface area (Å²) in [6.45, 7) is 15.0. The lowest BCUT2D eigenvalue weighted by Gasteiger charge is -2.37. The Morgan fingerprint density at radius 1 is 1.25 bits per heavy atom.